The van der Waals surface area contributed by atoms with Crippen LogP contribution < -0.4 is 10.6 Å². The molecule has 1 aromatic carbocycles. The average molecular weight is 246 g/mol. The predicted octanol–water partition coefficient (Wildman–Crippen LogP) is 1.39. The molecule has 1 rings (SSSR count). The smallest absolute Gasteiger partial charge is 0.351 e. The van der Waals surface area contributed by atoms with Crippen molar-refractivity contribution in [3.05, 3.63) is 29.8 Å². The maximum Gasteiger partial charge on any atom is 0.418 e. The first kappa shape index (κ1) is 13.0. The first-order valence-corrected chi connectivity index (χ1v) is 4.55. The molecule has 2 N–H and O–H groups in total. The van der Waals surface area contributed by atoms with E-state index in [4.69, 9.17) is 0 Å². The van der Waals surface area contributed by atoms with Gasteiger partial charge in [-0.2, -0.15) is 13.2 Å². The predicted molar refractivity (Wildman–Crippen MR) is 54.1 cm³/mol. The number of amides is 2. The van der Waals surface area contributed by atoms with Crippen LogP contribution >= 0.6 is 0 Å². The van der Waals surface area contributed by atoms with Gasteiger partial charge in [-0.05, 0) is 12.1 Å². The fraction of sp³-hybridized carbons (Fsp3) is 0.200. The molecule has 0 saturated carbocycles. The molecular weight excluding hydrogens is 237 g/mol. The summed E-state index contributed by atoms with van der Waals surface area (Å²) in [5.74, 6) is -2.16. The monoisotopic (exact) mass is 246 g/mol. The average Bonchev–Trinajstić information content (AvgIpc) is 2.27. The first-order chi connectivity index (χ1) is 7.86. The summed E-state index contributed by atoms with van der Waals surface area (Å²) in [6.45, 7) is 0. The van der Waals surface area contributed by atoms with Crippen LogP contribution in [-0.2, 0) is 15.8 Å². The zero-order valence-electron chi connectivity index (χ0n) is 8.76. The van der Waals surface area contributed by atoms with Crippen molar-refractivity contribution in [2.24, 2.45) is 0 Å². The number of rotatable bonds is 1. The zero-order valence-corrected chi connectivity index (χ0v) is 8.76. The minimum Gasteiger partial charge on any atom is -0.351 e. The Hall–Kier alpha value is -2.05. The molecular formula is C10H9F3N2O2. The standard InChI is InChI=1S/C10H9F3N2O2/c1-14-8(16)9(17)15-7-5-3-2-4-6(7)10(11,12)13/h2-5H,1H3,(H,14,16)(H,15,17). The molecule has 0 spiro atoms. The summed E-state index contributed by atoms with van der Waals surface area (Å²) in [4.78, 5) is 22.0. The number of nitrogens with one attached hydrogen (secondary N) is 2. The number of hydrogen-bond acceptors (Lipinski definition) is 2. The molecule has 4 nitrogen and oxygen atoms in total. The summed E-state index contributed by atoms with van der Waals surface area (Å²) >= 11 is 0. The van der Waals surface area contributed by atoms with Crippen molar-refractivity contribution < 1.29 is 22.8 Å². The van der Waals surface area contributed by atoms with Crippen molar-refractivity contribution >= 4 is 17.5 Å². The lowest BCUT2D eigenvalue weighted by Gasteiger charge is -2.12. The van der Waals surface area contributed by atoms with E-state index in [1.54, 1.807) is 0 Å². The van der Waals surface area contributed by atoms with E-state index in [-0.39, 0.29) is 0 Å². The van der Waals surface area contributed by atoms with Crippen LogP contribution in [0.5, 0.6) is 0 Å². The first-order valence-electron chi connectivity index (χ1n) is 4.55. The second kappa shape index (κ2) is 4.86. The van der Waals surface area contributed by atoms with E-state index < -0.39 is 29.2 Å². The Morgan fingerprint density at radius 3 is 2.24 bits per heavy atom. The maximum absolute atomic E-state index is 12.5. The fourth-order valence-corrected chi connectivity index (χ4v) is 1.13. The van der Waals surface area contributed by atoms with E-state index in [9.17, 15) is 22.8 Å². The lowest BCUT2D eigenvalue weighted by molar-refractivity contribution is -0.138. The summed E-state index contributed by atoms with van der Waals surface area (Å²) in [6, 6.07) is 4.41. The second-order valence-corrected chi connectivity index (χ2v) is 3.08. The van der Waals surface area contributed by atoms with Crippen LogP contribution in [0, 0.1) is 0 Å². The summed E-state index contributed by atoms with van der Waals surface area (Å²) < 4.78 is 37.6. The Bertz CT molecular complexity index is 443. The Morgan fingerprint density at radius 1 is 1.12 bits per heavy atom. The van der Waals surface area contributed by atoms with Crippen LogP contribution in [0.2, 0.25) is 0 Å². The van der Waals surface area contributed by atoms with Crippen LogP contribution in [0.1, 0.15) is 5.56 Å². The van der Waals surface area contributed by atoms with Crippen LogP contribution in [0.25, 0.3) is 0 Å². The molecule has 0 aromatic heterocycles. The molecule has 0 unspecified atom stereocenters. The van der Waals surface area contributed by atoms with E-state index in [1.165, 1.54) is 19.2 Å². The van der Waals surface area contributed by atoms with Gasteiger partial charge in [0.2, 0.25) is 0 Å². The number of hydrogen-bond donors (Lipinski definition) is 2. The normalized spacial score (nSPS) is 10.8. The third-order valence-corrected chi connectivity index (χ3v) is 1.91. The van der Waals surface area contributed by atoms with Gasteiger partial charge < -0.3 is 10.6 Å². The van der Waals surface area contributed by atoms with E-state index in [0.29, 0.717) is 0 Å². The Labute approximate surface area is 94.8 Å². The highest BCUT2D eigenvalue weighted by molar-refractivity contribution is 6.39. The van der Waals surface area contributed by atoms with E-state index in [1.807, 2.05) is 10.6 Å². The highest BCUT2D eigenvalue weighted by Crippen LogP contribution is 2.34. The summed E-state index contributed by atoms with van der Waals surface area (Å²) in [5, 5.41) is 3.91. The van der Waals surface area contributed by atoms with Crippen molar-refractivity contribution in [2.45, 2.75) is 6.18 Å². The number of anilines is 1. The number of carbonyl (C=O) groups is 2. The number of likely N-dealkylation sites (N-methyl/N-ethyl adjacent to an activating group) is 1. The zero-order chi connectivity index (χ0) is 13.1. The van der Waals surface area contributed by atoms with Crippen LogP contribution in [0.4, 0.5) is 18.9 Å². The van der Waals surface area contributed by atoms with Gasteiger partial charge in [0, 0.05) is 7.05 Å². The van der Waals surface area contributed by atoms with E-state index in [2.05, 4.69) is 0 Å². The molecule has 0 aliphatic rings. The number of alkyl halides is 3. The van der Waals surface area contributed by atoms with Crippen molar-refractivity contribution in [2.75, 3.05) is 12.4 Å². The van der Waals surface area contributed by atoms with Gasteiger partial charge in [0.05, 0.1) is 11.3 Å². The van der Waals surface area contributed by atoms with Gasteiger partial charge in [-0.3, -0.25) is 9.59 Å². The highest BCUT2D eigenvalue weighted by atomic mass is 19.4. The maximum atomic E-state index is 12.5. The summed E-state index contributed by atoms with van der Waals surface area (Å²) in [6.07, 6.45) is -4.59. The third-order valence-electron chi connectivity index (χ3n) is 1.91. The topological polar surface area (TPSA) is 58.2 Å². The second-order valence-electron chi connectivity index (χ2n) is 3.08. The van der Waals surface area contributed by atoms with Gasteiger partial charge in [-0.25, -0.2) is 0 Å². The van der Waals surface area contributed by atoms with Crippen LogP contribution in [0.3, 0.4) is 0 Å². The van der Waals surface area contributed by atoms with Crippen molar-refractivity contribution in [1.29, 1.82) is 0 Å². The van der Waals surface area contributed by atoms with Crippen molar-refractivity contribution in [1.82, 2.24) is 5.32 Å². The van der Waals surface area contributed by atoms with Gasteiger partial charge >= 0.3 is 18.0 Å². The quantitative estimate of drug-likeness (QED) is 0.736. The minimum atomic E-state index is -4.59. The largest absolute Gasteiger partial charge is 0.418 e. The van der Waals surface area contributed by atoms with Crippen LogP contribution in [0.15, 0.2) is 24.3 Å². The Morgan fingerprint density at radius 2 is 1.71 bits per heavy atom. The lowest BCUT2D eigenvalue weighted by Crippen LogP contribution is -2.33. The summed E-state index contributed by atoms with van der Waals surface area (Å²) in [7, 11) is 1.21. The number of para-hydroxylation sites is 1. The molecule has 92 valence electrons. The van der Waals surface area contributed by atoms with Crippen molar-refractivity contribution in [3.63, 3.8) is 0 Å². The third kappa shape index (κ3) is 3.20. The van der Waals surface area contributed by atoms with Gasteiger partial charge in [0.1, 0.15) is 0 Å². The van der Waals surface area contributed by atoms with Crippen molar-refractivity contribution in [3.8, 4) is 0 Å². The van der Waals surface area contributed by atoms with Gasteiger partial charge in [0.25, 0.3) is 0 Å². The summed E-state index contributed by atoms with van der Waals surface area (Å²) in [5.41, 5.74) is -1.45. The molecule has 0 fully saturated rings. The van der Waals surface area contributed by atoms with Crippen LogP contribution in [-0.4, -0.2) is 18.9 Å². The van der Waals surface area contributed by atoms with E-state index >= 15 is 0 Å². The highest BCUT2D eigenvalue weighted by Gasteiger charge is 2.33. The van der Waals surface area contributed by atoms with Gasteiger partial charge in [0.15, 0.2) is 0 Å². The molecule has 0 atom stereocenters. The molecule has 2 amide bonds. The molecule has 7 heteroatoms. The Balaban J connectivity index is 3.00. The molecule has 1 aromatic rings. The number of carbonyl (C=O) groups excluding carboxylic acids is 2. The fourth-order valence-electron chi connectivity index (χ4n) is 1.13. The van der Waals surface area contributed by atoms with Gasteiger partial charge in [-0.15, -0.1) is 0 Å². The molecule has 0 aliphatic carbocycles. The minimum absolute atomic E-state index is 0.450. The molecule has 0 heterocycles. The van der Waals surface area contributed by atoms with Gasteiger partial charge in [-0.1, -0.05) is 12.1 Å². The Kier molecular flexibility index (Phi) is 3.72. The molecule has 0 bridgehead atoms. The SMILES string of the molecule is CNC(=O)C(=O)Nc1ccccc1C(F)(F)F. The van der Waals surface area contributed by atoms with E-state index in [0.717, 1.165) is 12.1 Å². The molecule has 0 saturated heterocycles. The lowest BCUT2D eigenvalue weighted by atomic mass is 10.1. The molecule has 0 aliphatic heterocycles. The molecule has 0 radical (unpaired) electrons. The molecule has 17 heavy (non-hydrogen) atoms. The number of benzene rings is 1. The number of halogens is 3.